The third kappa shape index (κ3) is 6.10. The third-order valence-corrected chi connectivity index (χ3v) is 3.65. The summed E-state index contributed by atoms with van der Waals surface area (Å²) in [5.74, 6) is 0.620. The van der Waals surface area contributed by atoms with Gasteiger partial charge >= 0.3 is 0 Å². The van der Waals surface area contributed by atoms with E-state index in [1.807, 2.05) is 42.5 Å². The van der Waals surface area contributed by atoms with Crippen molar-refractivity contribution in [2.24, 2.45) is 0 Å². The summed E-state index contributed by atoms with van der Waals surface area (Å²) in [5.41, 5.74) is 1.71. The van der Waals surface area contributed by atoms with Gasteiger partial charge in [-0.1, -0.05) is 35.9 Å². The van der Waals surface area contributed by atoms with Gasteiger partial charge in [0, 0.05) is 30.4 Å². The second kappa shape index (κ2) is 9.80. The van der Waals surface area contributed by atoms with Crippen molar-refractivity contribution in [1.82, 2.24) is 5.32 Å². The first-order valence-electron chi connectivity index (χ1n) is 7.65. The lowest BCUT2D eigenvalue weighted by molar-refractivity contribution is -0.119. The van der Waals surface area contributed by atoms with Crippen LogP contribution in [0.2, 0.25) is 5.02 Å². The summed E-state index contributed by atoms with van der Waals surface area (Å²) in [7, 11) is 1.63. The molecule has 0 atom stereocenters. The zero-order valence-electron chi connectivity index (χ0n) is 13.5. The first-order chi connectivity index (χ1) is 11.7. The maximum atomic E-state index is 11.9. The Kier molecular flexibility index (Phi) is 7.39. The summed E-state index contributed by atoms with van der Waals surface area (Å²) in [6, 6.07) is 14.9. The van der Waals surface area contributed by atoms with E-state index in [1.54, 1.807) is 13.2 Å². The third-order valence-electron chi connectivity index (χ3n) is 3.28. The quantitative estimate of drug-likeness (QED) is 0.684. The van der Waals surface area contributed by atoms with Crippen LogP contribution in [-0.4, -0.2) is 32.8 Å². The van der Waals surface area contributed by atoms with Crippen molar-refractivity contribution in [3.8, 4) is 5.75 Å². The minimum Gasteiger partial charge on any atom is -0.491 e. The summed E-state index contributed by atoms with van der Waals surface area (Å²) < 4.78 is 10.5. The molecule has 0 fully saturated rings. The standard InChI is InChI=1S/C18H21ClN2O3/c1-23-9-10-24-16-7-4-6-15(11-16)20-13-18(22)21-12-14-5-2-3-8-17(14)19/h2-8,11,20H,9-10,12-13H2,1H3,(H,21,22). The number of ether oxygens (including phenoxy) is 2. The molecule has 0 saturated heterocycles. The van der Waals surface area contributed by atoms with E-state index in [0.717, 1.165) is 17.0 Å². The van der Waals surface area contributed by atoms with Gasteiger partial charge in [-0.15, -0.1) is 0 Å². The Morgan fingerprint density at radius 3 is 2.75 bits per heavy atom. The number of benzene rings is 2. The van der Waals surface area contributed by atoms with Gasteiger partial charge in [0.1, 0.15) is 12.4 Å². The molecule has 0 aromatic heterocycles. The van der Waals surface area contributed by atoms with Gasteiger partial charge in [-0.2, -0.15) is 0 Å². The molecule has 2 rings (SSSR count). The van der Waals surface area contributed by atoms with Crippen LogP contribution >= 0.6 is 11.6 Å². The van der Waals surface area contributed by atoms with Crippen LogP contribution in [0.15, 0.2) is 48.5 Å². The number of methoxy groups -OCH3 is 1. The molecule has 2 aromatic carbocycles. The number of anilines is 1. The Labute approximate surface area is 146 Å². The monoisotopic (exact) mass is 348 g/mol. The summed E-state index contributed by atoms with van der Waals surface area (Å²) in [6.07, 6.45) is 0. The Morgan fingerprint density at radius 2 is 1.96 bits per heavy atom. The van der Waals surface area contributed by atoms with E-state index in [1.165, 1.54) is 0 Å². The molecule has 0 heterocycles. The van der Waals surface area contributed by atoms with Crippen LogP contribution in [0.4, 0.5) is 5.69 Å². The van der Waals surface area contributed by atoms with E-state index in [2.05, 4.69) is 10.6 Å². The molecule has 2 N–H and O–H groups in total. The highest BCUT2D eigenvalue weighted by molar-refractivity contribution is 6.31. The van der Waals surface area contributed by atoms with E-state index >= 15 is 0 Å². The maximum Gasteiger partial charge on any atom is 0.239 e. The summed E-state index contributed by atoms with van der Waals surface area (Å²) in [6.45, 7) is 1.59. The van der Waals surface area contributed by atoms with Crippen LogP contribution in [0.3, 0.4) is 0 Å². The molecule has 24 heavy (non-hydrogen) atoms. The smallest absolute Gasteiger partial charge is 0.239 e. The number of halogens is 1. The van der Waals surface area contributed by atoms with E-state index in [-0.39, 0.29) is 12.5 Å². The molecule has 5 nitrogen and oxygen atoms in total. The molecule has 2 aromatic rings. The molecule has 0 aliphatic carbocycles. The van der Waals surface area contributed by atoms with Crippen molar-refractivity contribution in [3.05, 3.63) is 59.1 Å². The highest BCUT2D eigenvalue weighted by atomic mass is 35.5. The minimum absolute atomic E-state index is 0.111. The molecule has 128 valence electrons. The topological polar surface area (TPSA) is 59.6 Å². The van der Waals surface area contributed by atoms with Crippen molar-refractivity contribution in [3.63, 3.8) is 0 Å². The Hall–Kier alpha value is -2.24. The molecule has 0 unspecified atom stereocenters. The number of hydrogen-bond acceptors (Lipinski definition) is 4. The van der Waals surface area contributed by atoms with E-state index in [0.29, 0.717) is 24.8 Å². The van der Waals surface area contributed by atoms with Crippen LogP contribution in [0.25, 0.3) is 0 Å². The van der Waals surface area contributed by atoms with Crippen LogP contribution in [0.5, 0.6) is 5.75 Å². The normalized spacial score (nSPS) is 10.2. The van der Waals surface area contributed by atoms with Crippen LogP contribution in [0, 0.1) is 0 Å². The van der Waals surface area contributed by atoms with Gasteiger partial charge in [0.2, 0.25) is 5.91 Å². The second-order valence-corrected chi connectivity index (χ2v) is 5.50. The van der Waals surface area contributed by atoms with Crippen LogP contribution in [-0.2, 0) is 16.1 Å². The Bertz CT molecular complexity index is 664. The SMILES string of the molecule is COCCOc1cccc(NCC(=O)NCc2ccccc2Cl)c1. The highest BCUT2D eigenvalue weighted by Crippen LogP contribution is 2.17. The van der Waals surface area contributed by atoms with Crippen molar-refractivity contribution >= 4 is 23.2 Å². The first-order valence-corrected chi connectivity index (χ1v) is 8.02. The minimum atomic E-state index is -0.111. The summed E-state index contributed by atoms with van der Waals surface area (Å²) in [5, 5.41) is 6.55. The first kappa shape index (κ1) is 18.1. The molecule has 6 heteroatoms. The lowest BCUT2D eigenvalue weighted by Crippen LogP contribution is -2.29. The highest BCUT2D eigenvalue weighted by Gasteiger charge is 2.04. The number of carbonyl (C=O) groups is 1. The summed E-state index contributed by atoms with van der Waals surface area (Å²) >= 11 is 6.06. The van der Waals surface area contributed by atoms with Gasteiger partial charge in [-0.05, 0) is 23.8 Å². The van der Waals surface area contributed by atoms with Crippen molar-refractivity contribution in [1.29, 1.82) is 0 Å². The lowest BCUT2D eigenvalue weighted by atomic mass is 10.2. The van der Waals surface area contributed by atoms with Crippen LogP contribution < -0.4 is 15.4 Å². The fourth-order valence-corrected chi connectivity index (χ4v) is 2.22. The Balaban J connectivity index is 1.77. The molecule has 0 aliphatic rings. The predicted octanol–water partition coefficient (Wildman–Crippen LogP) is 3.09. The van der Waals surface area contributed by atoms with Gasteiger partial charge in [0.05, 0.1) is 13.2 Å². The van der Waals surface area contributed by atoms with E-state index < -0.39 is 0 Å². The fraction of sp³-hybridized carbons (Fsp3) is 0.278. The van der Waals surface area contributed by atoms with Crippen molar-refractivity contribution in [2.75, 3.05) is 32.2 Å². The van der Waals surface area contributed by atoms with Gasteiger partial charge in [-0.25, -0.2) is 0 Å². The van der Waals surface area contributed by atoms with E-state index in [9.17, 15) is 4.79 Å². The average molecular weight is 349 g/mol. The number of amides is 1. The van der Waals surface area contributed by atoms with E-state index in [4.69, 9.17) is 21.1 Å². The zero-order valence-corrected chi connectivity index (χ0v) is 14.3. The predicted molar refractivity (Wildman–Crippen MR) is 95.6 cm³/mol. The van der Waals surface area contributed by atoms with Gasteiger partial charge in [-0.3, -0.25) is 4.79 Å². The number of carbonyl (C=O) groups excluding carboxylic acids is 1. The largest absolute Gasteiger partial charge is 0.491 e. The number of hydrogen-bond donors (Lipinski definition) is 2. The molecule has 0 saturated carbocycles. The summed E-state index contributed by atoms with van der Waals surface area (Å²) in [4.78, 5) is 11.9. The van der Waals surface area contributed by atoms with Crippen molar-refractivity contribution in [2.45, 2.75) is 6.54 Å². The molecule has 1 amide bonds. The average Bonchev–Trinajstić information content (AvgIpc) is 2.60. The number of rotatable bonds is 9. The number of nitrogens with one attached hydrogen (secondary N) is 2. The molecule has 0 bridgehead atoms. The maximum absolute atomic E-state index is 11.9. The lowest BCUT2D eigenvalue weighted by Gasteiger charge is -2.10. The second-order valence-electron chi connectivity index (χ2n) is 5.09. The molecule has 0 radical (unpaired) electrons. The van der Waals surface area contributed by atoms with Gasteiger partial charge < -0.3 is 20.1 Å². The molecule has 0 aliphatic heterocycles. The Morgan fingerprint density at radius 1 is 1.12 bits per heavy atom. The van der Waals surface area contributed by atoms with Crippen LogP contribution in [0.1, 0.15) is 5.56 Å². The van der Waals surface area contributed by atoms with Crippen molar-refractivity contribution < 1.29 is 14.3 Å². The molecular formula is C18H21ClN2O3. The molecule has 0 spiro atoms. The molecular weight excluding hydrogens is 328 g/mol. The zero-order chi connectivity index (χ0) is 17.2. The van der Waals surface area contributed by atoms with Gasteiger partial charge in [0.25, 0.3) is 0 Å². The fourth-order valence-electron chi connectivity index (χ4n) is 2.02. The van der Waals surface area contributed by atoms with Gasteiger partial charge in [0.15, 0.2) is 0 Å².